The van der Waals surface area contributed by atoms with Gasteiger partial charge >= 0.3 is 5.97 Å². The molecule has 52 heavy (non-hydrogen) atoms. The predicted molar refractivity (Wildman–Crippen MR) is 203 cm³/mol. The molecule has 1 unspecified atom stereocenters. The number of aliphatic hydroxyl groups is 1. The summed E-state index contributed by atoms with van der Waals surface area (Å²) < 4.78 is 3.70. The van der Waals surface area contributed by atoms with Crippen molar-refractivity contribution < 1.29 is 15.0 Å². The van der Waals surface area contributed by atoms with Gasteiger partial charge in [0.15, 0.2) is 5.82 Å². The molecule has 2 N–H and O–H groups in total. The van der Waals surface area contributed by atoms with E-state index in [-0.39, 0.29) is 5.69 Å². The third kappa shape index (κ3) is 6.22. The fourth-order valence-electron chi connectivity index (χ4n) is 7.41. The van der Waals surface area contributed by atoms with E-state index in [2.05, 4.69) is 52.8 Å². The Labute approximate surface area is 303 Å². The number of hydrogen-bond donors (Lipinski definition) is 2. The molecule has 2 aromatic heterocycles. The monoisotopic (exact) mass is 687 g/mol. The lowest BCUT2D eigenvalue weighted by atomic mass is 9.77. The first-order valence-electron chi connectivity index (χ1n) is 17.7. The van der Waals surface area contributed by atoms with E-state index in [1.807, 2.05) is 122 Å². The summed E-state index contributed by atoms with van der Waals surface area (Å²) in [4.78, 5) is 12.4. The van der Waals surface area contributed by atoms with Crippen molar-refractivity contribution in [1.29, 1.82) is 0 Å². The summed E-state index contributed by atoms with van der Waals surface area (Å²) in [5.41, 5.74) is 7.45. The molecule has 0 aliphatic rings. The van der Waals surface area contributed by atoms with Crippen LogP contribution >= 0.6 is 0 Å². The minimum Gasteiger partial charge on any atom is -0.477 e. The molecule has 0 amide bonds. The highest BCUT2D eigenvalue weighted by Crippen LogP contribution is 2.43. The number of hydrogen-bond acceptors (Lipinski definition) is 5. The summed E-state index contributed by atoms with van der Waals surface area (Å²) in [6.45, 7) is 4.27. The molecule has 0 aliphatic carbocycles. The molecule has 7 aromatic rings. The van der Waals surface area contributed by atoms with Gasteiger partial charge in [-0.2, -0.15) is 0 Å². The second-order valence-corrected chi connectivity index (χ2v) is 13.0. The van der Waals surface area contributed by atoms with E-state index in [1.54, 1.807) is 4.57 Å². The summed E-state index contributed by atoms with van der Waals surface area (Å²) in [5, 5.41) is 34.9. The SMILES string of the molecule is CCCC(O)c1cc(CC)c(C(=O)O)n1Cc1ccc(-c2ccccc2-c2nnnn2C(c2ccccc2)(c2ccccc2)c2ccccc2)cc1. The van der Waals surface area contributed by atoms with Gasteiger partial charge in [-0.1, -0.05) is 160 Å². The quantitative estimate of drug-likeness (QED) is 0.117. The number of rotatable bonds is 13. The van der Waals surface area contributed by atoms with Crippen molar-refractivity contribution in [2.24, 2.45) is 0 Å². The number of benzene rings is 5. The van der Waals surface area contributed by atoms with Crippen LogP contribution < -0.4 is 0 Å². The Morgan fingerprint density at radius 3 is 1.79 bits per heavy atom. The molecule has 260 valence electrons. The summed E-state index contributed by atoms with van der Waals surface area (Å²) >= 11 is 0. The number of aromatic nitrogens is 5. The van der Waals surface area contributed by atoms with Gasteiger partial charge in [0.25, 0.3) is 0 Å². The van der Waals surface area contributed by atoms with Gasteiger partial charge in [-0.3, -0.25) is 0 Å². The van der Waals surface area contributed by atoms with E-state index in [9.17, 15) is 15.0 Å². The molecular weight excluding hydrogens is 647 g/mol. The van der Waals surface area contributed by atoms with Gasteiger partial charge in [-0.05, 0) is 68.3 Å². The zero-order valence-corrected chi connectivity index (χ0v) is 29.3. The summed E-state index contributed by atoms with van der Waals surface area (Å²) in [5.74, 6) is -0.385. The minimum absolute atomic E-state index is 0.229. The van der Waals surface area contributed by atoms with Gasteiger partial charge < -0.3 is 14.8 Å². The topological polar surface area (TPSA) is 106 Å². The van der Waals surface area contributed by atoms with Gasteiger partial charge in [0.2, 0.25) is 0 Å². The minimum atomic E-state index is -0.993. The smallest absolute Gasteiger partial charge is 0.352 e. The number of nitrogens with zero attached hydrogens (tertiary/aromatic N) is 5. The Hall–Kier alpha value is -6.12. The first-order chi connectivity index (χ1) is 25.5. The molecule has 1 atom stereocenters. The van der Waals surface area contributed by atoms with Crippen LogP contribution in [-0.4, -0.2) is 41.0 Å². The fraction of sp³-hybridized carbons (Fsp3) is 0.182. The van der Waals surface area contributed by atoms with Gasteiger partial charge in [-0.15, -0.1) is 5.10 Å². The van der Waals surface area contributed by atoms with E-state index in [4.69, 9.17) is 5.21 Å². The first-order valence-corrected chi connectivity index (χ1v) is 17.7. The van der Waals surface area contributed by atoms with Gasteiger partial charge in [0, 0.05) is 17.8 Å². The molecular formula is C44H41N5O3. The number of carboxylic acid groups (broad SMARTS) is 1. The predicted octanol–water partition coefficient (Wildman–Crippen LogP) is 8.79. The summed E-state index contributed by atoms with van der Waals surface area (Å²) in [6.07, 6.45) is 1.17. The largest absolute Gasteiger partial charge is 0.477 e. The third-order valence-corrected chi connectivity index (χ3v) is 9.83. The standard InChI is InChI=1S/C44H41N5O3/c1-3-16-40(50)39-29-32(4-2)41(43(51)52)48(39)30-31-25-27-33(28-26-31)37-23-14-15-24-38(37)42-45-46-47-49(42)44(34-17-8-5-9-18-34,35-19-10-6-11-20-35)36-21-12-7-13-22-36/h5-15,17-29,40,50H,3-4,16,30H2,1-2H3,(H,51,52). The average molecular weight is 688 g/mol. The van der Waals surface area contributed by atoms with E-state index < -0.39 is 17.6 Å². The Morgan fingerprint density at radius 2 is 1.27 bits per heavy atom. The second-order valence-electron chi connectivity index (χ2n) is 13.0. The molecule has 8 nitrogen and oxygen atoms in total. The average Bonchev–Trinajstić information content (AvgIpc) is 3.83. The highest BCUT2D eigenvalue weighted by atomic mass is 16.4. The van der Waals surface area contributed by atoms with Crippen LogP contribution in [-0.2, 0) is 18.5 Å². The molecule has 8 heteroatoms. The lowest BCUT2D eigenvalue weighted by Gasteiger charge is -2.36. The molecule has 0 saturated heterocycles. The Kier molecular flexibility index (Phi) is 9.91. The summed E-state index contributed by atoms with van der Waals surface area (Å²) in [6, 6.07) is 49.1. The van der Waals surface area contributed by atoms with Crippen molar-refractivity contribution in [1.82, 2.24) is 24.8 Å². The normalized spacial score (nSPS) is 12.1. The second kappa shape index (κ2) is 15.0. The lowest BCUT2D eigenvalue weighted by molar-refractivity contribution is 0.0682. The van der Waals surface area contributed by atoms with Crippen molar-refractivity contribution >= 4 is 5.97 Å². The highest BCUT2D eigenvalue weighted by Gasteiger charge is 2.42. The van der Waals surface area contributed by atoms with Crippen LogP contribution in [0.5, 0.6) is 0 Å². The van der Waals surface area contributed by atoms with Crippen LogP contribution in [0, 0.1) is 0 Å². The van der Waals surface area contributed by atoms with E-state index in [1.165, 1.54) is 0 Å². The number of aryl methyl sites for hydroxylation is 1. The van der Waals surface area contributed by atoms with E-state index in [0.717, 1.165) is 50.9 Å². The van der Waals surface area contributed by atoms with Gasteiger partial charge in [-0.25, -0.2) is 9.48 Å². The number of tetrazole rings is 1. The highest BCUT2D eigenvalue weighted by molar-refractivity contribution is 5.88. The maximum absolute atomic E-state index is 12.4. The van der Waals surface area contributed by atoms with Crippen molar-refractivity contribution in [3.05, 3.63) is 185 Å². The molecule has 2 heterocycles. The van der Waals surface area contributed by atoms with Crippen LogP contribution in [0.25, 0.3) is 22.5 Å². The van der Waals surface area contributed by atoms with Crippen molar-refractivity contribution in [3.63, 3.8) is 0 Å². The Balaban J connectivity index is 1.34. The number of carbonyl (C=O) groups is 1. The Morgan fingerprint density at radius 1 is 0.731 bits per heavy atom. The first kappa shape index (κ1) is 34.3. The van der Waals surface area contributed by atoms with Crippen LogP contribution in [0.15, 0.2) is 146 Å². The molecule has 5 aromatic carbocycles. The van der Waals surface area contributed by atoms with E-state index >= 15 is 0 Å². The van der Waals surface area contributed by atoms with Crippen LogP contribution in [0.4, 0.5) is 0 Å². The van der Waals surface area contributed by atoms with Crippen molar-refractivity contribution in [3.8, 4) is 22.5 Å². The lowest BCUT2D eigenvalue weighted by Crippen LogP contribution is -2.39. The molecule has 0 radical (unpaired) electrons. The van der Waals surface area contributed by atoms with Crippen molar-refractivity contribution in [2.75, 3.05) is 0 Å². The molecule has 0 bridgehead atoms. The van der Waals surface area contributed by atoms with Crippen LogP contribution in [0.3, 0.4) is 0 Å². The number of carboxylic acids is 1. The van der Waals surface area contributed by atoms with Gasteiger partial charge in [0.05, 0.1) is 6.10 Å². The zero-order chi connectivity index (χ0) is 36.1. The van der Waals surface area contributed by atoms with Crippen LogP contribution in [0.2, 0.25) is 0 Å². The van der Waals surface area contributed by atoms with Crippen LogP contribution in [0.1, 0.15) is 76.8 Å². The molecule has 0 spiro atoms. The Bertz CT molecular complexity index is 2170. The number of aliphatic hydroxyl groups excluding tert-OH is 1. The fourth-order valence-corrected chi connectivity index (χ4v) is 7.41. The third-order valence-electron chi connectivity index (χ3n) is 9.83. The van der Waals surface area contributed by atoms with E-state index in [0.29, 0.717) is 30.9 Å². The molecule has 0 fully saturated rings. The maximum atomic E-state index is 12.4. The molecule has 7 rings (SSSR count). The molecule has 0 aliphatic heterocycles. The maximum Gasteiger partial charge on any atom is 0.352 e. The number of aromatic carboxylic acids is 1. The summed E-state index contributed by atoms with van der Waals surface area (Å²) in [7, 11) is 0. The van der Waals surface area contributed by atoms with Gasteiger partial charge in [0.1, 0.15) is 11.2 Å². The molecule has 0 saturated carbocycles. The van der Waals surface area contributed by atoms with Crippen molar-refractivity contribution in [2.45, 2.75) is 51.3 Å². The zero-order valence-electron chi connectivity index (χ0n) is 29.3.